The summed E-state index contributed by atoms with van der Waals surface area (Å²) in [6.45, 7) is 2.23. The van der Waals surface area contributed by atoms with Crippen LogP contribution in [0.25, 0.3) is 22.4 Å². The van der Waals surface area contributed by atoms with Gasteiger partial charge in [-0.05, 0) is 25.0 Å². The van der Waals surface area contributed by atoms with Crippen LogP contribution in [0.2, 0.25) is 0 Å². The number of aliphatic hydroxyl groups is 1. The molecular weight excluding hydrogens is 330 g/mol. The Morgan fingerprint density at radius 1 is 1.23 bits per heavy atom. The normalized spacial score (nSPS) is 16.7. The molecule has 6 heteroatoms. The summed E-state index contributed by atoms with van der Waals surface area (Å²) in [6, 6.07) is 9.91. The SMILES string of the molecule is COc1cccc2ccc(-c3nccn3CC3(CO)CCOCC3)nc12. The molecule has 3 aromatic rings. The van der Waals surface area contributed by atoms with E-state index in [9.17, 15) is 5.11 Å². The molecule has 0 atom stereocenters. The fourth-order valence-electron chi connectivity index (χ4n) is 3.61. The van der Waals surface area contributed by atoms with E-state index in [1.807, 2.05) is 36.5 Å². The Labute approximate surface area is 152 Å². The fourth-order valence-corrected chi connectivity index (χ4v) is 3.61. The molecule has 6 nitrogen and oxygen atoms in total. The Balaban J connectivity index is 1.71. The summed E-state index contributed by atoms with van der Waals surface area (Å²) in [5.74, 6) is 1.55. The van der Waals surface area contributed by atoms with Crippen LogP contribution in [-0.2, 0) is 11.3 Å². The van der Waals surface area contributed by atoms with Gasteiger partial charge in [0.1, 0.15) is 17.0 Å². The summed E-state index contributed by atoms with van der Waals surface area (Å²) in [7, 11) is 1.65. The molecule has 1 fully saturated rings. The van der Waals surface area contributed by atoms with Gasteiger partial charge in [0, 0.05) is 43.0 Å². The molecule has 1 saturated heterocycles. The maximum Gasteiger partial charge on any atom is 0.158 e. The fraction of sp³-hybridized carbons (Fsp3) is 0.400. The van der Waals surface area contributed by atoms with Crippen molar-refractivity contribution in [1.29, 1.82) is 0 Å². The number of benzene rings is 1. The molecule has 0 radical (unpaired) electrons. The number of imidazole rings is 1. The zero-order valence-electron chi connectivity index (χ0n) is 14.9. The Bertz CT molecular complexity index is 900. The molecule has 4 rings (SSSR count). The summed E-state index contributed by atoms with van der Waals surface area (Å²) in [5, 5.41) is 11.0. The number of pyridine rings is 1. The van der Waals surface area contributed by atoms with Gasteiger partial charge >= 0.3 is 0 Å². The molecule has 1 N–H and O–H groups in total. The largest absolute Gasteiger partial charge is 0.494 e. The van der Waals surface area contributed by atoms with Crippen LogP contribution in [-0.4, -0.2) is 46.6 Å². The molecule has 0 unspecified atom stereocenters. The summed E-state index contributed by atoms with van der Waals surface area (Å²) in [5.41, 5.74) is 1.46. The van der Waals surface area contributed by atoms with Crippen LogP contribution in [0.3, 0.4) is 0 Å². The third-order valence-corrected chi connectivity index (χ3v) is 5.24. The highest BCUT2D eigenvalue weighted by Crippen LogP contribution is 2.34. The monoisotopic (exact) mass is 353 g/mol. The summed E-state index contributed by atoms with van der Waals surface area (Å²) >= 11 is 0. The van der Waals surface area contributed by atoms with E-state index in [1.54, 1.807) is 13.3 Å². The van der Waals surface area contributed by atoms with Crippen molar-refractivity contribution in [3.63, 3.8) is 0 Å². The van der Waals surface area contributed by atoms with E-state index in [0.29, 0.717) is 19.8 Å². The van der Waals surface area contributed by atoms with Crippen LogP contribution >= 0.6 is 0 Å². The number of ether oxygens (including phenoxy) is 2. The minimum atomic E-state index is -0.164. The number of aromatic nitrogens is 3. The number of aliphatic hydroxyl groups excluding tert-OH is 1. The molecule has 0 spiro atoms. The molecule has 1 aliphatic rings. The minimum Gasteiger partial charge on any atom is -0.494 e. The van der Waals surface area contributed by atoms with Crippen molar-refractivity contribution in [2.75, 3.05) is 26.9 Å². The summed E-state index contributed by atoms with van der Waals surface area (Å²) < 4.78 is 13.0. The minimum absolute atomic E-state index is 0.146. The van der Waals surface area contributed by atoms with Crippen LogP contribution in [0.15, 0.2) is 42.7 Å². The molecule has 0 bridgehead atoms. The first-order valence-electron chi connectivity index (χ1n) is 8.89. The van der Waals surface area contributed by atoms with E-state index in [-0.39, 0.29) is 12.0 Å². The molecule has 0 amide bonds. The lowest BCUT2D eigenvalue weighted by Crippen LogP contribution is -2.37. The van der Waals surface area contributed by atoms with E-state index < -0.39 is 0 Å². The van der Waals surface area contributed by atoms with E-state index >= 15 is 0 Å². The highest BCUT2D eigenvalue weighted by Gasteiger charge is 2.33. The van der Waals surface area contributed by atoms with Crippen molar-refractivity contribution in [3.05, 3.63) is 42.7 Å². The second-order valence-corrected chi connectivity index (χ2v) is 6.88. The third kappa shape index (κ3) is 3.06. The maximum absolute atomic E-state index is 9.99. The van der Waals surface area contributed by atoms with Gasteiger partial charge in [0.25, 0.3) is 0 Å². The highest BCUT2D eigenvalue weighted by molar-refractivity contribution is 5.86. The summed E-state index contributed by atoms with van der Waals surface area (Å²) in [6.07, 6.45) is 5.43. The molecule has 3 heterocycles. The lowest BCUT2D eigenvalue weighted by atomic mass is 9.81. The van der Waals surface area contributed by atoms with Crippen LogP contribution in [0.5, 0.6) is 5.75 Å². The molecule has 26 heavy (non-hydrogen) atoms. The number of methoxy groups -OCH3 is 1. The number of para-hydroxylation sites is 1. The smallest absolute Gasteiger partial charge is 0.158 e. The number of hydrogen-bond donors (Lipinski definition) is 1. The predicted molar refractivity (Wildman–Crippen MR) is 99.1 cm³/mol. The van der Waals surface area contributed by atoms with Gasteiger partial charge < -0.3 is 19.1 Å². The van der Waals surface area contributed by atoms with Crippen molar-refractivity contribution in [1.82, 2.24) is 14.5 Å². The maximum atomic E-state index is 9.99. The van der Waals surface area contributed by atoms with Gasteiger partial charge in [0.15, 0.2) is 5.82 Å². The quantitative estimate of drug-likeness (QED) is 0.764. The van der Waals surface area contributed by atoms with Crippen LogP contribution in [0, 0.1) is 5.41 Å². The Morgan fingerprint density at radius 3 is 2.85 bits per heavy atom. The van der Waals surface area contributed by atoms with Gasteiger partial charge in [-0.2, -0.15) is 0 Å². The lowest BCUT2D eigenvalue weighted by molar-refractivity contribution is -0.0250. The molecule has 1 aromatic carbocycles. The first-order chi connectivity index (χ1) is 12.7. The molecule has 0 saturated carbocycles. The highest BCUT2D eigenvalue weighted by atomic mass is 16.5. The Hall–Kier alpha value is -2.44. The standard InChI is InChI=1S/C20H23N3O3/c1-25-17-4-2-3-15-5-6-16(22-18(15)17)19-21-9-10-23(19)13-20(14-24)7-11-26-12-8-20/h2-6,9-10,24H,7-8,11-14H2,1H3. The predicted octanol–water partition coefficient (Wildman–Crippen LogP) is 2.90. The van der Waals surface area contributed by atoms with Crippen molar-refractivity contribution in [3.8, 4) is 17.3 Å². The Morgan fingerprint density at radius 2 is 2.08 bits per heavy atom. The lowest BCUT2D eigenvalue weighted by Gasteiger charge is -2.36. The first kappa shape index (κ1) is 17.0. The molecule has 1 aliphatic heterocycles. The molecule has 0 aliphatic carbocycles. The third-order valence-electron chi connectivity index (χ3n) is 5.24. The zero-order valence-corrected chi connectivity index (χ0v) is 14.9. The van der Waals surface area contributed by atoms with Gasteiger partial charge in [-0.3, -0.25) is 0 Å². The summed E-state index contributed by atoms with van der Waals surface area (Å²) in [4.78, 5) is 9.32. The van der Waals surface area contributed by atoms with E-state index in [0.717, 1.165) is 41.0 Å². The second kappa shape index (κ2) is 7.05. The average molecular weight is 353 g/mol. The van der Waals surface area contributed by atoms with Gasteiger partial charge in [0.05, 0.1) is 13.7 Å². The van der Waals surface area contributed by atoms with Crippen LogP contribution < -0.4 is 4.74 Å². The van der Waals surface area contributed by atoms with Gasteiger partial charge in [-0.15, -0.1) is 0 Å². The average Bonchev–Trinajstić information content (AvgIpc) is 3.15. The van der Waals surface area contributed by atoms with Gasteiger partial charge in [-0.25, -0.2) is 9.97 Å². The second-order valence-electron chi connectivity index (χ2n) is 6.88. The van der Waals surface area contributed by atoms with Crippen molar-refractivity contribution in [2.45, 2.75) is 19.4 Å². The first-order valence-corrected chi connectivity index (χ1v) is 8.89. The topological polar surface area (TPSA) is 69.4 Å². The van der Waals surface area contributed by atoms with Crippen LogP contribution in [0.1, 0.15) is 12.8 Å². The van der Waals surface area contributed by atoms with Crippen molar-refractivity contribution < 1.29 is 14.6 Å². The molecule has 2 aromatic heterocycles. The number of rotatable bonds is 5. The molecular formula is C20H23N3O3. The molecule has 136 valence electrons. The number of nitrogens with zero attached hydrogens (tertiary/aromatic N) is 3. The van der Waals surface area contributed by atoms with Crippen molar-refractivity contribution in [2.24, 2.45) is 5.41 Å². The van der Waals surface area contributed by atoms with E-state index in [4.69, 9.17) is 14.5 Å². The number of fused-ring (bicyclic) bond motifs is 1. The Kier molecular flexibility index (Phi) is 4.61. The van der Waals surface area contributed by atoms with Crippen LogP contribution in [0.4, 0.5) is 0 Å². The van der Waals surface area contributed by atoms with E-state index in [1.165, 1.54) is 0 Å². The zero-order chi connectivity index (χ0) is 18.0. The van der Waals surface area contributed by atoms with E-state index in [2.05, 4.69) is 9.55 Å². The number of hydrogen-bond acceptors (Lipinski definition) is 5. The van der Waals surface area contributed by atoms with Gasteiger partial charge in [0.2, 0.25) is 0 Å². The van der Waals surface area contributed by atoms with Crippen molar-refractivity contribution >= 4 is 10.9 Å². The van der Waals surface area contributed by atoms with Gasteiger partial charge in [-0.1, -0.05) is 18.2 Å².